The van der Waals surface area contributed by atoms with Crippen LogP contribution < -0.4 is 0 Å². The van der Waals surface area contributed by atoms with Gasteiger partial charge in [0.1, 0.15) is 0 Å². The van der Waals surface area contributed by atoms with E-state index in [1.165, 1.54) is 0 Å². The van der Waals surface area contributed by atoms with E-state index in [9.17, 15) is 0 Å². The van der Waals surface area contributed by atoms with Gasteiger partial charge in [-0.3, -0.25) is 0 Å². The van der Waals surface area contributed by atoms with E-state index in [2.05, 4.69) is 0 Å². The van der Waals surface area contributed by atoms with Crippen LogP contribution in [0.15, 0.2) is 0 Å². The molecule has 0 saturated heterocycles. The Labute approximate surface area is 92.7 Å². The summed E-state index contributed by atoms with van der Waals surface area (Å²) in [7, 11) is 0. The fourth-order valence-corrected chi connectivity index (χ4v) is 0. The van der Waals surface area contributed by atoms with Crippen LogP contribution in [-0.2, 0) is 56.8 Å². The van der Waals surface area contributed by atoms with Crippen molar-refractivity contribution in [3.05, 3.63) is 0 Å². The quantitative estimate of drug-likeness (QED) is 0.360. The molecule has 0 aromatic carbocycles. The van der Waals surface area contributed by atoms with Crippen LogP contribution in [0.3, 0.4) is 0 Å². The second kappa shape index (κ2) is 76.4. The fraction of sp³-hybridized carbons (Fsp3) is 1.00. The molecule has 0 amide bonds. The second-order valence-corrected chi connectivity index (χ2v) is 0. The summed E-state index contributed by atoms with van der Waals surface area (Å²) in [5.41, 5.74) is 0. The summed E-state index contributed by atoms with van der Waals surface area (Å²) in [5, 5.41) is 0. The third kappa shape index (κ3) is 57.4. The largest absolute Gasteiger partial charge is 0.153 e. The first kappa shape index (κ1) is 110. The van der Waals surface area contributed by atoms with Crippen LogP contribution in [-0.4, -0.2) is 19.4 Å². The molecule has 0 rings (SSSR count). The van der Waals surface area contributed by atoms with Crippen LogP contribution in [0.25, 0.3) is 0 Å². The van der Waals surface area contributed by atoms with Gasteiger partial charge in [0, 0.05) is 56.8 Å². The Bertz CT molecular complexity index is 19.7. The standard InChI is InChI=1S/CH4.BH3.Cr.Fe.Nb.H3P.H4Si/h1H4;1H3;;;;1H3;1H4. The smallest absolute Gasteiger partial charge is 0.0814 e. The summed E-state index contributed by atoms with van der Waals surface area (Å²) in [6, 6.07) is 0. The second-order valence-electron chi connectivity index (χ2n) is 0. The maximum atomic E-state index is 0. The van der Waals surface area contributed by atoms with Crippen molar-refractivity contribution in [2.45, 2.75) is 7.43 Å². The summed E-state index contributed by atoms with van der Waals surface area (Å²) in [4.78, 5) is 0. The van der Waals surface area contributed by atoms with E-state index in [-0.39, 0.29) is 93.5 Å². The summed E-state index contributed by atoms with van der Waals surface area (Å²) >= 11 is 0. The van der Waals surface area contributed by atoms with E-state index in [1.54, 1.807) is 0 Å². The van der Waals surface area contributed by atoms with Gasteiger partial charge < -0.3 is 0 Å². The van der Waals surface area contributed by atoms with E-state index >= 15 is 0 Å². The Hall–Kier alpha value is 2.50. The first-order chi connectivity index (χ1) is 0. The summed E-state index contributed by atoms with van der Waals surface area (Å²) in [6.45, 7) is 0. The Morgan fingerprint density at radius 1 is 1.00 bits per heavy atom. The normalized spacial score (nSPS) is 0. The fourth-order valence-electron chi connectivity index (χ4n) is 0. The van der Waals surface area contributed by atoms with Gasteiger partial charge in [0.15, 0.2) is 0 Å². The Balaban J connectivity index is 0. The SMILES string of the molecule is B.C.P.[Cr].[Fe].[Nb].[SiH4]. The molecule has 0 N–H and O–H groups in total. The molecule has 1 atom stereocenters. The molecule has 0 aromatic rings. The topological polar surface area (TPSA) is 0 Å². The van der Waals surface area contributed by atoms with Crippen LogP contribution in [0.5, 0.6) is 0 Å². The third-order valence-electron chi connectivity index (χ3n) is 0. The van der Waals surface area contributed by atoms with Crippen LogP contribution in [0.4, 0.5) is 0 Å². The zero-order chi connectivity index (χ0) is 0. The molecule has 6 heteroatoms. The van der Waals surface area contributed by atoms with E-state index in [0.29, 0.717) is 0 Å². The van der Waals surface area contributed by atoms with Gasteiger partial charge in [0.25, 0.3) is 0 Å². The minimum absolute atomic E-state index is 0. The van der Waals surface area contributed by atoms with E-state index in [1.807, 2.05) is 0 Å². The van der Waals surface area contributed by atoms with Crippen molar-refractivity contribution >= 4 is 29.3 Å². The molecule has 7 heavy (non-hydrogen) atoms. The molecule has 0 saturated carbocycles. The molecule has 0 heterocycles. The van der Waals surface area contributed by atoms with E-state index in [0.717, 1.165) is 0 Å². The molecular weight excluding hydrogens is 283 g/mol. The number of hydrogen-bond donors (Lipinski definition) is 0. The molecular formula is CH14BCrFeNbPSi. The molecule has 0 spiro atoms. The zero-order valence-electron chi connectivity index (χ0n) is 1.92. The molecule has 0 aromatic heterocycles. The van der Waals surface area contributed by atoms with Crippen LogP contribution in [0.2, 0.25) is 0 Å². The molecule has 0 bridgehead atoms. The summed E-state index contributed by atoms with van der Waals surface area (Å²) < 4.78 is 0. The molecule has 0 nitrogen and oxygen atoms in total. The Morgan fingerprint density at radius 3 is 1.00 bits per heavy atom. The molecule has 49 valence electrons. The first-order valence-electron chi connectivity index (χ1n) is 0. The summed E-state index contributed by atoms with van der Waals surface area (Å²) in [6.07, 6.45) is 0. The first-order valence-corrected chi connectivity index (χ1v) is 0. The monoisotopic (exact) mass is 297 g/mol. The molecule has 0 fully saturated rings. The number of rotatable bonds is 0. The Kier molecular flexibility index (Phi) is 1200. The molecule has 0 aliphatic carbocycles. The maximum absolute atomic E-state index is 0. The average Bonchev–Trinajstić information content (AvgIpc) is 0. The van der Waals surface area contributed by atoms with Crippen molar-refractivity contribution in [3.63, 3.8) is 0 Å². The van der Waals surface area contributed by atoms with E-state index in [4.69, 9.17) is 0 Å². The summed E-state index contributed by atoms with van der Waals surface area (Å²) in [5.74, 6) is 0. The van der Waals surface area contributed by atoms with Gasteiger partial charge in [-0.05, 0) is 11.0 Å². The van der Waals surface area contributed by atoms with Gasteiger partial charge in [0.05, 0.1) is 8.41 Å². The van der Waals surface area contributed by atoms with Crippen molar-refractivity contribution < 1.29 is 56.8 Å². The van der Waals surface area contributed by atoms with Crippen LogP contribution in [0, 0.1) is 0 Å². The van der Waals surface area contributed by atoms with Gasteiger partial charge >= 0.3 is 0 Å². The predicted molar refractivity (Wildman–Crippen MR) is 39.1 cm³/mol. The molecule has 1 radical (unpaired) electrons. The number of hydrogen-bond acceptors (Lipinski definition) is 0. The molecule has 1 unspecified atom stereocenters. The minimum atomic E-state index is 0. The molecule has 0 aliphatic heterocycles. The maximum Gasteiger partial charge on any atom is 0.0814 e. The van der Waals surface area contributed by atoms with Crippen molar-refractivity contribution in [1.82, 2.24) is 0 Å². The predicted octanol–water partition coefficient (Wildman–Crippen LogP) is -1.95. The van der Waals surface area contributed by atoms with Crippen molar-refractivity contribution in [2.75, 3.05) is 0 Å². The average molecular weight is 297 g/mol. The zero-order valence-corrected chi connectivity index (χ0v) is 7.91. The van der Waals surface area contributed by atoms with Crippen LogP contribution in [0.1, 0.15) is 7.43 Å². The van der Waals surface area contributed by atoms with E-state index < -0.39 is 0 Å². The molecule has 0 aliphatic rings. The van der Waals surface area contributed by atoms with Gasteiger partial charge in [-0.2, -0.15) is 9.90 Å². The van der Waals surface area contributed by atoms with Crippen LogP contribution >= 0.6 is 9.90 Å². The van der Waals surface area contributed by atoms with Crippen molar-refractivity contribution in [3.8, 4) is 0 Å². The minimum Gasteiger partial charge on any atom is -0.153 e. The van der Waals surface area contributed by atoms with Gasteiger partial charge in [-0.25, -0.2) is 0 Å². The van der Waals surface area contributed by atoms with Gasteiger partial charge in [-0.15, -0.1) is 0 Å². The third-order valence-corrected chi connectivity index (χ3v) is 0. The van der Waals surface area contributed by atoms with Gasteiger partial charge in [-0.1, -0.05) is 7.43 Å². The van der Waals surface area contributed by atoms with Crippen molar-refractivity contribution in [1.29, 1.82) is 0 Å². The van der Waals surface area contributed by atoms with Gasteiger partial charge in [0.2, 0.25) is 0 Å². The van der Waals surface area contributed by atoms with Crippen molar-refractivity contribution in [2.24, 2.45) is 0 Å². The Morgan fingerprint density at radius 2 is 1.00 bits per heavy atom.